The molecule has 2 N–H and O–H groups in total. The van der Waals surface area contributed by atoms with Crippen molar-refractivity contribution >= 4 is 5.97 Å². The Hall–Kier alpha value is -1.77. The van der Waals surface area contributed by atoms with Gasteiger partial charge < -0.3 is 5.11 Å². The Bertz CT molecular complexity index is 598. The summed E-state index contributed by atoms with van der Waals surface area (Å²) in [5.41, 5.74) is -0.453. The number of carboxylic acids is 1. The van der Waals surface area contributed by atoms with E-state index >= 15 is 0 Å². The first-order chi connectivity index (χ1) is 11.5. The third-order valence-electron chi connectivity index (χ3n) is 3.98. The molecule has 1 saturated carbocycles. The molecule has 1 unspecified atom stereocenters. The highest BCUT2D eigenvalue weighted by molar-refractivity contribution is 5.73. The van der Waals surface area contributed by atoms with Gasteiger partial charge in [-0.2, -0.15) is 13.2 Å². The first-order valence-electron chi connectivity index (χ1n) is 7.67. The molecule has 1 aromatic rings. The van der Waals surface area contributed by atoms with E-state index in [9.17, 15) is 31.1 Å². The summed E-state index contributed by atoms with van der Waals surface area (Å²) in [6.07, 6.45) is -5.49. The topological polar surface area (TPSA) is 49.3 Å². The SMILES string of the molecule is O=C(O)[C@H](CC(F)(F)CC1CC1)NC(c1ccc(F)cc1)C(F)(F)F. The summed E-state index contributed by atoms with van der Waals surface area (Å²) in [5, 5.41) is 10.8. The van der Waals surface area contributed by atoms with Gasteiger partial charge in [-0.25, -0.2) is 13.2 Å². The second-order valence-corrected chi connectivity index (χ2v) is 6.29. The molecule has 0 amide bonds. The van der Waals surface area contributed by atoms with E-state index in [0.29, 0.717) is 12.8 Å². The van der Waals surface area contributed by atoms with Crippen LogP contribution in [0.4, 0.5) is 26.3 Å². The highest BCUT2D eigenvalue weighted by atomic mass is 19.4. The highest BCUT2D eigenvalue weighted by Gasteiger charge is 2.46. The third-order valence-corrected chi connectivity index (χ3v) is 3.98. The number of aliphatic carboxylic acids is 1. The molecule has 0 aliphatic heterocycles. The third kappa shape index (κ3) is 5.91. The van der Waals surface area contributed by atoms with Crippen LogP contribution in [0.5, 0.6) is 0 Å². The average Bonchev–Trinajstić information content (AvgIpc) is 3.26. The van der Waals surface area contributed by atoms with Gasteiger partial charge in [0.1, 0.15) is 17.9 Å². The number of alkyl halides is 5. The maximum atomic E-state index is 13.9. The summed E-state index contributed by atoms with van der Waals surface area (Å²) in [6.45, 7) is 0. The van der Waals surface area contributed by atoms with Gasteiger partial charge in [0.25, 0.3) is 5.92 Å². The number of carbonyl (C=O) groups is 1. The lowest BCUT2D eigenvalue weighted by molar-refractivity contribution is -0.166. The standard InChI is InChI=1S/C16H17F6NO2/c17-11-5-3-10(4-6-11)13(16(20,21)22)23-12(14(24)25)8-15(18,19)7-9-1-2-9/h3-6,9,12-13,23H,1-2,7-8H2,(H,24,25)/t12-,13?/m0/s1. The van der Waals surface area contributed by atoms with Gasteiger partial charge in [0.05, 0.1) is 0 Å². The molecule has 1 fully saturated rings. The number of halogens is 6. The van der Waals surface area contributed by atoms with Gasteiger partial charge in [-0.3, -0.25) is 10.1 Å². The van der Waals surface area contributed by atoms with Crippen LogP contribution in [0.1, 0.15) is 37.3 Å². The Labute approximate surface area is 140 Å². The molecular formula is C16H17F6NO2. The molecule has 0 aromatic heterocycles. The molecule has 1 aromatic carbocycles. The van der Waals surface area contributed by atoms with Crippen LogP contribution in [0.3, 0.4) is 0 Å². The van der Waals surface area contributed by atoms with E-state index < -0.39 is 54.4 Å². The van der Waals surface area contributed by atoms with E-state index in [2.05, 4.69) is 0 Å². The predicted octanol–water partition coefficient (Wildman–Crippen LogP) is 4.30. The second-order valence-electron chi connectivity index (χ2n) is 6.29. The van der Waals surface area contributed by atoms with Crippen molar-refractivity contribution in [2.45, 2.75) is 49.9 Å². The lowest BCUT2D eigenvalue weighted by Crippen LogP contribution is -2.47. The van der Waals surface area contributed by atoms with Crippen molar-refractivity contribution < 1.29 is 36.2 Å². The van der Waals surface area contributed by atoms with Gasteiger partial charge >= 0.3 is 12.1 Å². The molecule has 0 radical (unpaired) electrons. The molecular weight excluding hydrogens is 352 g/mol. The van der Waals surface area contributed by atoms with E-state index in [1.165, 1.54) is 0 Å². The number of hydrogen-bond acceptors (Lipinski definition) is 2. The van der Waals surface area contributed by atoms with Crippen LogP contribution in [0, 0.1) is 11.7 Å². The molecule has 140 valence electrons. The zero-order chi connectivity index (χ0) is 18.8. The zero-order valence-electron chi connectivity index (χ0n) is 13.0. The lowest BCUT2D eigenvalue weighted by Gasteiger charge is -2.28. The Morgan fingerprint density at radius 2 is 1.72 bits per heavy atom. The van der Waals surface area contributed by atoms with Crippen molar-refractivity contribution in [1.82, 2.24) is 5.32 Å². The highest BCUT2D eigenvalue weighted by Crippen LogP contribution is 2.41. The number of hydrogen-bond donors (Lipinski definition) is 2. The summed E-state index contributed by atoms with van der Waals surface area (Å²) < 4.78 is 80.4. The molecule has 0 spiro atoms. The molecule has 25 heavy (non-hydrogen) atoms. The van der Waals surface area contributed by atoms with Gasteiger partial charge in [0.2, 0.25) is 0 Å². The van der Waals surface area contributed by atoms with Crippen molar-refractivity contribution in [2.24, 2.45) is 5.92 Å². The van der Waals surface area contributed by atoms with Gasteiger partial charge in [0, 0.05) is 12.8 Å². The van der Waals surface area contributed by atoms with Crippen LogP contribution < -0.4 is 5.32 Å². The van der Waals surface area contributed by atoms with Crippen molar-refractivity contribution in [3.8, 4) is 0 Å². The van der Waals surface area contributed by atoms with E-state index in [0.717, 1.165) is 24.3 Å². The van der Waals surface area contributed by atoms with Crippen molar-refractivity contribution in [3.63, 3.8) is 0 Å². The zero-order valence-corrected chi connectivity index (χ0v) is 13.0. The maximum absolute atomic E-state index is 13.9. The minimum atomic E-state index is -4.93. The summed E-state index contributed by atoms with van der Waals surface area (Å²) >= 11 is 0. The van der Waals surface area contributed by atoms with Crippen molar-refractivity contribution in [1.29, 1.82) is 0 Å². The Morgan fingerprint density at radius 3 is 2.16 bits per heavy atom. The average molecular weight is 369 g/mol. The molecule has 0 saturated heterocycles. The molecule has 1 aliphatic carbocycles. The van der Waals surface area contributed by atoms with Gasteiger partial charge in [0.15, 0.2) is 0 Å². The van der Waals surface area contributed by atoms with Gasteiger partial charge in [-0.15, -0.1) is 0 Å². The summed E-state index contributed by atoms with van der Waals surface area (Å²) in [4.78, 5) is 11.2. The van der Waals surface area contributed by atoms with Crippen LogP contribution in [-0.2, 0) is 4.79 Å². The van der Waals surface area contributed by atoms with Gasteiger partial charge in [-0.1, -0.05) is 12.1 Å². The predicted molar refractivity (Wildman–Crippen MR) is 76.7 cm³/mol. The van der Waals surface area contributed by atoms with E-state index in [-0.39, 0.29) is 5.92 Å². The number of rotatable bonds is 8. The van der Waals surface area contributed by atoms with Crippen LogP contribution in [-0.4, -0.2) is 29.2 Å². The summed E-state index contributed by atoms with van der Waals surface area (Å²) in [6, 6.07) is -1.35. The van der Waals surface area contributed by atoms with Crippen LogP contribution in [0.2, 0.25) is 0 Å². The lowest BCUT2D eigenvalue weighted by atomic mass is 10.00. The Morgan fingerprint density at radius 1 is 1.16 bits per heavy atom. The number of carboxylic acid groups (broad SMARTS) is 1. The maximum Gasteiger partial charge on any atom is 0.407 e. The van der Waals surface area contributed by atoms with Crippen LogP contribution in [0.15, 0.2) is 24.3 Å². The van der Waals surface area contributed by atoms with E-state index in [4.69, 9.17) is 5.11 Å². The minimum Gasteiger partial charge on any atom is -0.480 e. The quantitative estimate of drug-likeness (QED) is 0.672. The fraction of sp³-hybridized carbons (Fsp3) is 0.562. The van der Waals surface area contributed by atoms with Gasteiger partial charge in [-0.05, 0) is 36.5 Å². The summed E-state index contributed by atoms with van der Waals surface area (Å²) in [7, 11) is 0. The fourth-order valence-corrected chi connectivity index (χ4v) is 2.58. The monoisotopic (exact) mass is 369 g/mol. The van der Waals surface area contributed by atoms with E-state index in [1.54, 1.807) is 5.32 Å². The van der Waals surface area contributed by atoms with Crippen LogP contribution >= 0.6 is 0 Å². The molecule has 2 rings (SSSR count). The first kappa shape index (κ1) is 19.6. The minimum absolute atomic E-state index is 0.208. The number of benzene rings is 1. The van der Waals surface area contributed by atoms with Crippen molar-refractivity contribution in [2.75, 3.05) is 0 Å². The number of nitrogens with one attached hydrogen (secondary N) is 1. The van der Waals surface area contributed by atoms with E-state index in [1.807, 2.05) is 0 Å². The second kappa shape index (κ2) is 7.23. The Balaban J connectivity index is 2.17. The molecule has 3 nitrogen and oxygen atoms in total. The smallest absolute Gasteiger partial charge is 0.407 e. The molecule has 0 heterocycles. The Kier molecular flexibility index (Phi) is 5.65. The molecule has 1 aliphatic rings. The fourth-order valence-electron chi connectivity index (χ4n) is 2.58. The first-order valence-corrected chi connectivity index (χ1v) is 7.67. The summed E-state index contributed by atoms with van der Waals surface area (Å²) in [5.74, 6) is -6.15. The normalized spacial score (nSPS) is 18.0. The molecule has 0 bridgehead atoms. The largest absolute Gasteiger partial charge is 0.480 e. The van der Waals surface area contributed by atoms with Crippen molar-refractivity contribution in [3.05, 3.63) is 35.6 Å². The van der Waals surface area contributed by atoms with Crippen LogP contribution in [0.25, 0.3) is 0 Å². The molecule has 2 atom stereocenters. The molecule has 9 heteroatoms.